The first-order valence-electron chi connectivity index (χ1n) is 8.31. The van der Waals surface area contributed by atoms with Gasteiger partial charge in [0.1, 0.15) is 5.82 Å². The summed E-state index contributed by atoms with van der Waals surface area (Å²) in [5, 5.41) is 3.17. The van der Waals surface area contributed by atoms with Crippen molar-refractivity contribution in [2.75, 3.05) is 26.2 Å². The molecule has 7 heteroatoms. The summed E-state index contributed by atoms with van der Waals surface area (Å²) in [6.45, 7) is 3.89. The summed E-state index contributed by atoms with van der Waals surface area (Å²) >= 11 is 0. The number of hydrogen-bond donors (Lipinski definition) is 2. The maximum Gasteiger partial charge on any atom is 0.409 e. The molecule has 1 aromatic carbocycles. The van der Waals surface area contributed by atoms with Crippen molar-refractivity contribution in [2.45, 2.75) is 32.2 Å². The van der Waals surface area contributed by atoms with Gasteiger partial charge >= 0.3 is 6.09 Å². The molecule has 2 rings (SSSR count). The molecule has 24 heavy (non-hydrogen) atoms. The second-order valence-corrected chi connectivity index (χ2v) is 5.71. The highest BCUT2D eigenvalue weighted by Gasteiger charge is 2.23. The van der Waals surface area contributed by atoms with Crippen molar-refractivity contribution in [2.24, 2.45) is 10.7 Å². The Labute approximate surface area is 141 Å². The number of benzene rings is 1. The first-order chi connectivity index (χ1) is 11.6. The molecule has 0 unspecified atom stereocenters. The predicted molar refractivity (Wildman–Crippen MR) is 91.3 cm³/mol. The fourth-order valence-corrected chi connectivity index (χ4v) is 2.67. The second-order valence-electron chi connectivity index (χ2n) is 5.71. The molecule has 0 aromatic heterocycles. The molecule has 132 valence electrons. The highest BCUT2D eigenvalue weighted by atomic mass is 19.1. The van der Waals surface area contributed by atoms with E-state index in [2.05, 4.69) is 10.3 Å². The smallest absolute Gasteiger partial charge is 0.409 e. The molecule has 1 aromatic rings. The lowest BCUT2D eigenvalue weighted by molar-refractivity contribution is 0.0963. The van der Waals surface area contributed by atoms with Crippen molar-refractivity contribution in [3.63, 3.8) is 0 Å². The zero-order valence-corrected chi connectivity index (χ0v) is 14.0. The minimum atomic E-state index is -0.262. The SMILES string of the molecule is CCOC(=O)N1CCC(NC(N)=NCCc2ccccc2F)CC1. The van der Waals surface area contributed by atoms with E-state index in [-0.39, 0.29) is 18.0 Å². The summed E-state index contributed by atoms with van der Waals surface area (Å²) in [6, 6.07) is 6.85. The third-order valence-corrected chi connectivity index (χ3v) is 3.99. The van der Waals surface area contributed by atoms with E-state index in [9.17, 15) is 9.18 Å². The topological polar surface area (TPSA) is 80.0 Å². The number of rotatable bonds is 5. The number of carbonyl (C=O) groups excluding carboxylic acids is 1. The average Bonchev–Trinajstić information content (AvgIpc) is 2.57. The minimum Gasteiger partial charge on any atom is -0.450 e. The maximum absolute atomic E-state index is 13.5. The Balaban J connectivity index is 1.72. The molecule has 1 saturated heterocycles. The minimum absolute atomic E-state index is 0.188. The van der Waals surface area contributed by atoms with Crippen molar-refractivity contribution < 1.29 is 13.9 Å². The van der Waals surface area contributed by atoms with Crippen molar-refractivity contribution in [3.8, 4) is 0 Å². The third-order valence-electron chi connectivity index (χ3n) is 3.99. The summed E-state index contributed by atoms with van der Waals surface area (Å²) in [6.07, 6.45) is 1.84. The molecule has 0 saturated carbocycles. The highest BCUT2D eigenvalue weighted by Crippen LogP contribution is 2.11. The number of likely N-dealkylation sites (tertiary alicyclic amines) is 1. The van der Waals surface area contributed by atoms with E-state index in [1.165, 1.54) is 6.07 Å². The maximum atomic E-state index is 13.5. The second kappa shape index (κ2) is 9.10. The normalized spacial score (nSPS) is 16.1. The van der Waals surface area contributed by atoms with Crippen LogP contribution in [0.2, 0.25) is 0 Å². The van der Waals surface area contributed by atoms with Gasteiger partial charge in [-0.1, -0.05) is 18.2 Å². The van der Waals surface area contributed by atoms with Crippen LogP contribution in [0.3, 0.4) is 0 Å². The van der Waals surface area contributed by atoms with Crippen molar-refractivity contribution in [3.05, 3.63) is 35.6 Å². The molecule has 1 heterocycles. The number of amides is 1. The van der Waals surface area contributed by atoms with E-state index >= 15 is 0 Å². The molecular weight excluding hydrogens is 311 g/mol. The number of aliphatic imine (C=N–C) groups is 1. The summed E-state index contributed by atoms with van der Waals surface area (Å²) in [5.41, 5.74) is 6.52. The molecule has 6 nitrogen and oxygen atoms in total. The molecular formula is C17H25FN4O2. The fourth-order valence-electron chi connectivity index (χ4n) is 2.67. The molecule has 0 bridgehead atoms. The number of carbonyl (C=O) groups is 1. The van der Waals surface area contributed by atoms with E-state index < -0.39 is 0 Å². The molecule has 1 aliphatic rings. The summed E-state index contributed by atoms with van der Waals surface area (Å²) in [4.78, 5) is 17.6. The number of nitrogens with one attached hydrogen (secondary N) is 1. The zero-order valence-electron chi connectivity index (χ0n) is 14.0. The molecule has 1 amide bonds. The molecule has 1 aliphatic heterocycles. The summed E-state index contributed by atoms with van der Waals surface area (Å²) < 4.78 is 18.5. The Kier molecular flexibility index (Phi) is 6.84. The Morgan fingerprint density at radius 3 is 2.79 bits per heavy atom. The van der Waals surface area contributed by atoms with Crippen LogP contribution in [0, 0.1) is 5.82 Å². The van der Waals surface area contributed by atoms with Crippen molar-refractivity contribution in [1.29, 1.82) is 0 Å². The number of guanidine groups is 1. The molecule has 0 radical (unpaired) electrons. The Morgan fingerprint density at radius 2 is 2.12 bits per heavy atom. The van der Waals surface area contributed by atoms with Crippen LogP contribution in [0.4, 0.5) is 9.18 Å². The lowest BCUT2D eigenvalue weighted by atomic mass is 10.1. The number of nitrogens with zero attached hydrogens (tertiary/aromatic N) is 2. The van der Waals surface area contributed by atoms with Gasteiger partial charge < -0.3 is 20.7 Å². The Morgan fingerprint density at radius 1 is 1.42 bits per heavy atom. The lowest BCUT2D eigenvalue weighted by Gasteiger charge is -2.31. The van der Waals surface area contributed by atoms with E-state index in [0.717, 1.165) is 12.8 Å². The number of hydrogen-bond acceptors (Lipinski definition) is 3. The van der Waals surface area contributed by atoms with Crippen LogP contribution in [-0.2, 0) is 11.2 Å². The average molecular weight is 336 g/mol. The largest absolute Gasteiger partial charge is 0.450 e. The van der Waals surface area contributed by atoms with E-state index in [0.29, 0.717) is 44.2 Å². The van der Waals surface area contributed by atoms with Crippen molar-refractivity contribution in [1.82, 2.24) is 10.2 Å². The fraction of sp³-hybridized carbons (Fsp3) is 0.529. The third kappa shape index (κ3) is 5.40. The van der Waals surface area contributed by atoms with Gasteiger partial charge in [0.2, 0.25) is 0 Å². The van der Waals surface area contributed by atoms with Gasteiger partial charge in [-0.15, -0.1) is 0 Å². The number of piperidine rings is 1. The van der Waals surface area contributed by atoms with Crippen LogP contribution in [0.15, 0.2) is 29.3 Å². The van der Waals surface area contributed by atoms with E-state index in [1.807, 2.05) is 0 Å². The first-order valence-corrected chi connectivity index (χ1v) is 8.31. The summed E-state index contributed by atoms with van der Waals surface area (Å²) in [7, 11) is 0. The summed E-state index contributed by atoms with van der Waals surface area (Å²) in [5.74, 6) is 0.145. The monoisotopic (exact) mass is 336 g/mol. The number of halogens is 1. The van der Waals surface area contributed by atoms with Crippen LogP contribution in [0.5, 0.6) is 0 Å². The highest BCUT2D eigenvalue weighted by molar-refractivity contribution is 5.78. The molecule has 0 atom stereocenters. The number of nitrogens with two attached hydrogens (primary N) is 1. The van der Waals surface area contributed by atoms with Gasteiger partial charge in [0.05, 0.1) is 6.61 Å². The van der Waals surface area contributed by atoms with Crippen LogP contribution < -0.4 is 11.1 Å². The van der Waals surface area contributed by atoms with Gasteiger partial charge in [-0.25, -0.2) is 9.18 Å². The van der Waals surface area contributed by atoms with Crippen LogP contribution in [0.1, 0.15) is 25.3 Å². The standard InChI is InChI=1S/C17H25FN4O2/c1-2-24-17(23)22-11-8-14(9-12-22)21-16(19)20-10-7-13-5-3-4-6-15(13)18/h3-6,14H,2,7-12H2,1H3,(H3,19,20,21). The number of ether oxygens (including phenoxy) is 1. The quantitative estimate of drug-likeness (QED) is 0.636. The van der Waals surface area contributed by atoms with Gasteiger partial charge in [-0.2, -0.15) is 0 Å². The van der Waals surface area contributed by atoms with Gasteiger partial charge in [-0.05, 0) is 37.8 Å². The molecule has 3 N–H and O–H groups in total. The Bertz CT molecular complexity index is 571. The predicted octanol–water partition coefficient (Wildman–Crippen LogP) is 1.89. The van der Waals surface area contributed by atoms with Gasteiger partial charge in [0.15, 0.2) is 5.96 Å². The van der Waals surface area contributed by atoms with Gasteiger partial charge in [0.25, 0.3) is 0 Å². The first kappa shape index (κ1) is 18.0. The van der Waals surface area contributed by atoms with Crippen LogP contribution in [0.25, 0.3) is 0 Å². The molecule has 0 spiro atoms. The lowest BCUT2D eigenvalue weighted by Crippen LogP contribution is -2.48. The van der Waals surface area contributed by atoms with Crippen LogP contribution in [-0.4, -0.2) is 49.2 Å². The zero-order chi connectivity index (χ0) is 17.4. The molecule has 0 aliphatic carbocycles. The van der Waals surface area contributed by atoms with Crippen LogP contribution >= 0.6 is 0 Å². The van der Waals surface area contributed by atoms with E-state index in [1.54, 1.807) is 30.0 Å². The van der Waals surface area contributed by atoms with Crippen molar-refractivity contribution >= 4 is 12.1 Å². The van der Waals surface area contributed by atoms with Gasteiger partial charge in [-0.3, -0.25) is 4.99 Å². The van der Waals surface area contributed by atoms with E-state index in [4.69, 9.17) is 10.5 Å². The molecule has 1 fully saturated rings. The van der Waals surface area contributed by atoms with Gasteiger partial charge in [0, 0.05) is 25.7 Å². The Hall–Kier alpha value is -2.31.